The van der Waals surface area contributed by atoms with Crippen LogP contribution in [-0.4, -0.2) is 73.9 Å². The molecule has 1 saturated heterocycles. The SMILES string of the molecule is COc1cccc(NC(=O)CN(C)C(=O)COC(=O)CN2CCCCCC2=O)c1. The van der Waals surface area contributed by atoms with Crippen LogP contribution in [-0.2, 0) is 23.9 Å². The Morgan fingerprint density at radius 1 is 1.21 bits per heavy atom. The molecule has 0 radical (unpaired) electrons. The van der Waals surface area contributed by atoms with Crippen LogP contribution in [0.15, 0.2) is 24.3 Å². The van der Waals surface area contributed by atoms with Crippen molar-refractivity contribution < 1.29 is 28.7 Å². The van der Waals surface area contributed by atoms with E-state index in [-0.39, 0.29) is 19.0 Å². The lowest BCUT2D eigenvalue weighted by Gasteiger charge is -2.20. The van der Waals surface area contributed by atoms with Crippen LogP contribution in [0.25, 0.3) is 0 Å². The number of methoxy groups -OCH3 is 1. The number of ether oxygens (including phenoxy) is 2. The molecule has 3 amide bonds. The van der Waals surface area contributed by atoms with Gasteiger partial charge < -0.3 is 24.6 Å². The summed E-state index contributed by atoms with van der Waals surface area (Å²) in [4.78, 5) is 50.7. The first kappa shape index (κ1) is 22.2. The van der Waals surface area contributed by atoms with Gasteiger partial charge in [-0.1, -0.05) is 12.5 Å². The third-order valence-corrected chi connectivity index (χ3v) is 4.51. The number of hydrogen-bond donors (Lipinski definition) is 1. The van der Waals surface area contributed by atoms with Crippen LogP contribution in [0.2, 0.25) is 0 Å². The van der Waals surface area contributed by atoms with Crippen molar-refractivity contribution in [3.8, 4) is 5.75 Å². The number of anilines is 1. The predicted molar refractivity (Wildman–Crippen MR) is 105 cm³/mol. The maximum atomic E-state index is 12.1. The number of esters is 1. The second-order valence-corrected chi connectivity index (χ2v) is 6.82. The molecule has 29 heavy (non-hydrogen) atoms. The van der Waals surface area contributed by atoms with Gasteiger partial charge in [-0.15, -0.1) is 0 Å². The lowest BCUT2D eigenvalue weighted by atomic mass is 10.2. The number of carbonyl (C=O) groups is 4. The van der Waals surface area contributed by atoms with Gasteiger partial charge in [0.1, 0.15) is 12.3 Å². The molecule has 0 aromatic heterocycles. The van der Waals surface area contributed by atoms with E-state index in [2.05, 4.69) is 5.32 Å². The van der Waals surface area contributed by atoms with Gasteiger partial charge in [-0.3, -0.25) is 19.2 Å². The van der Waals surface area contributed by atoms with Gasteiger partial charge >= 0.3 is 5.97 Å². The second kappa shape index (κ2) is 11.0. The smallest absolute Gasteiger partial charge is 0.326 e. The topological polar surface area (TPSA) is 105 Å². The van der Waals surface area contributed by atoms with Crippen LogP contribution in [0, 0.1) is 0 Å². The van der Waals surface area contributed by atoms with Crippen molar-refractivity contribution >= 4 is 29.4 Å². The predicted octanol–water partition coefficient (Wildman–Crippen LogP) is 1.04. The minimum atomic E-state index is -0.636. The molecule has 1 aromatic rings. The van der Waals surface area contributed by atoms with Crippen molar-refractivity contribution in [1.82, 2.24) is 9.80 Å². The van der Waals surface area contributed by atoms with Crippen molar-refractivity contribution in [3.05, 3.63) is 24.3 Å². The van der Waals surface area contributed by atoms with Crippen LogP contribution >= 0.6 is 0 Å². The van der Waals surface area contributed by atoms with Crippen molar-refractivity contribution in [3.63, 3.8) is 0 Å². The standard InChI is InChI=1S/C20H27N3O6/c1-22(12-17(24)21-15-7-6-8-16(11-15)28-2)19(26)14-29-20(27)13-23-10-5-3-4-9-18(23)25/h6-8,11H,3-5,9-10,12-14H2,1-2H3,(H,21,24). The van der Waals surface area contributed by atoms with E-state index >= 15 is 0 Å². The van der Waals surface area contributed by atoms with Crippen LogP contribution < -0.4 is 10.1 Å². The maximum absolute atomic E-state index is 12.1. The highest BCUT2D eigenvalue weighted by atomic mass is 16.5. The molecule has 9 heteroatoms. The van der Waals surface area contributed by atoms with Gasteiger partial charge in [0.2, 0.25) is 11.8 Å². The summed E-state index contributed by atoms with van der Waals surface area (Å²) in [6, 6.07) is 6.84. The van der Waals surface area contributed by atoms with Crippen molar-refractivity contribution in [2.75, 3.05) is 45.7 Å². The van der Waals surface area contributed by atoms with E-state index in [0.717, 1.165) is 19.3 Å². The number of rotatable bonds is 8. The minimum Gasteiger partial charge on any atom is -0.497 e. The summed E-state index contributed by atoms with van der Waals surface area (Å²) in [6.07, 6.45) is 3.06. The Kier molecular flexibility index (Phi) is 8.45. The van der Waals surface area contributed by atoms with E-state index in [1.54, 1.807) is 24.3 Å². The van der Waals surface area contributed by atoms with Gasteiger partial charge in [0, 0.05) is 31.8 Å². The number of nitrogens with zero attached hydrogens (tertiary/aromatic N) is 2. The van der Waals surface area contributed by atoms with Gasteiger partial charge in [0.15, 0.2) is 6.61 Å². The van der Waals surface area contributed by atoms with Crippen LogP contribution in [0.1, 0.15) is 25.7 Å². The zero-order valence-corrected chi connectivity index (χ0v) is 16.8. The molecular weight excluding hydrogens is 378 g/mol. The van der Waals surface area contributed by atoms with E-state index in [1.807, 2.05) is 0 Å². The molecule has 0 unspecified atom stereocenters. The first-order chi connectivity index (χ1) is 13.9. The number of carbonyl (C=O) groups excluding carboxylic acids is 4. The van der Waals surface area contributed by atoms with E-state index in [1.165, 1.54) is 24.0 Å². The fraction of sp³-hybridized carbons (Fsp3) is 0.500. The molecule has 1 heterocycles. The van der Waals surface area contributed by atoms with Gasteiger partial charge in [0.25, 0.3) is 5.91 Å². The number of nitrogens with one attached hydrogen (secondary N) is 1. The maximum Gasteiger partial charge on any atom is 0.326 e. The molecule has 0 spiro atoms. The first-order valence-electron chi connectivity index (χ1n) is 9.50. The van der Waals surface area contributed by atoms with Gasteiger partial charge in [-0.05, 0) is 25.0 Å². The molecule has 9 nitrogen and oxygen atoms in total. The highest BCUT2D eigenvalue weighted by Gasteiger charge is 2.21. The lowest BCUT2D eigenvalue weighted by molar-refractivity contribution is -0.154. The lowest BCUT2D eigenvalue weighted by Crippen LogP contribution is -2.39. The zero-order valence-electron chi connectivity index (χ0n) is 16.8. The van der Waals surface area contributed by atoms with Crippen LogP contribution in [0.3, 0.4) is 0 Å². The molecule has 2 rings (SSSR count). The van der Waals surface area contributed by atoms with Crippen LogP contribution in [0.4, 0.5) is 5.69 Å². The highest BCUT2D eigenvalue weighted by Crippen LogP contribution is 2.16. The van der Waals surface area contributed by atoms with E-state index in [0.29, 0.717) is 24.4 Å². The number of likely N-dealkylation sites (tertiary alicyclic amines) is 1. The summed E-state index contributed by atoms with van der Waals surface area (Å²) in [5, 5.41) is 2.67. The van der Waals surface area contributed by atoms with Gasteiger partial charge in [0.05, 0.1) is 13.7 Å². The fourth-order valence-corrected chi connectivity index (χ4v) is 2.86. The second-order valence-electron chi connectivity index (χ2n) is 6.82. The summed E-state index contributed by atoms with van der Waals surface area (Å²) in [6.45, 7) is -0.319. The normalized spacial score (nSPS) is 14.0. The number of benzene rings is 1. The summed E-state index contributed by atoms with van der Waals surface area (Å²) >= 11 is 0. The zero-order chi connectivity index (χ0) is 21.2. The Labute approximate surface area is 169 Å². The Hall–Kier alpha value is -3.10. The minimum absolute atomic E-state index is 0.0721. The monoisotopic (exact) mass is 405 g/mol. The van der Waals surface area contributed by atoms with Crippen molar-refractivity contribution in [2.24, 2.45) is 0 Å². The molecular formula is C20H27N3O6. The molecule has 1 aliphatic rings. The van der Waals surface area contributed by atoms with Gasteiger partial charge in [-0.25, -0.2) is 0 Å². The number of likely N-dealkylation sites (N-methyl/N-ethyl adjacent to an activating group) is 1. The third kappa shape index (κ3) is 7.44. The first-order valence-corrected chi connectivity index (χ1v) is 9.50. The summed E-state index contributed by atoms with van der Waals surface area (Å²) in [7, 11) is 2.97. The molecule has 1 fully saturated rings. The number of hydrogen-bond acceptors (Lipinski definition) is 6. The molecule has 0 aliphatic carbocycles. The van der Waals surface area contributed by atoms with E-state index in [4.69, 9.17) is 9.47 Å². The summed E-state index contributed by atoms with van der Waals surface area (Å²) in [5.74, 6) is -1.01. The Morgan fingerprint density at radius 2 is 2.00 bits per heavy atom. The number of amides is 3. The average molecular weight is 405 g/mol. The molecule has 158 valence electrons. The fourth-order valence-electron chi connectivity index (χ4n) is 2.86. The van der Waals surface area contributed by atoms with Crippen LogP contribution in [0.5, 0.6) is 5.75 Å². The van der Waals surface area contributed by atoms with Crippen molar-refractivity contribution in [2.45, 2.75) is 25.7 Å². The van der Waals surface area contributed by atoms with E-state index in [9.17, 15) is 19.2 Å². The molecule has 1 aliphatic heterocycles. The Balaban J connectivity index is 1.74. The molecule has 0 bridgehead atoms. The summed E-state index contributed by atoms with van der Waals surface area (Å²) < 4.78 is 10.1. The summed E-state index contributed by atoms with van der Waals surface area (Å²) in [5.41, 5.74) is 0.545. The van der Waals surface area contributed by atoms with Gasteiger partial charge in [-0.2, -0.15) is 0 Å². The third-order valence-electron chi connectivity index (χ3n) is 4.51. The largest absolute Gasteiger partial charge is 0.497 e. The average Bonchev–Trinajstić information content (AvgIpc) is 2.90. The Bertz CT molecular complexity index is 751. The molecule has 1 N–H and O–H groups in total. The molecule has 1 aromatic carbocycles. The molecule has 0 atom stereocenters. The van der Waals surface area contributed by atoms with Crippen molar-refractivity contribution in [1.29, 1.82) is 0 Å². The Morgan fingerprint density at radius 3 is 2.76 bits per heavy atom. The highest BCUT2D eigenvalue weighted by molar-refractivity contribution is 5.95. The van der Waals surface area contributed by atoms with E-state index < -0.39 is 24.4 Å². The quantitative estimate of drug-likeness (QED) is 0.648. The molecule has 0 saturated carbocycles.